The maximum absolute atomic E-state index is 5.79. The van der Waals surface area contributed by atoms with E-state index in [9.17, 15) is 0 Å². The van der Waals surface area contributed by atoms with Crippen molar-refractivity contribution < 1.29 is 0 Å². The average molecular weight is 189 g/mol. The lowest BCUT2D eigenvalue weighted by Crippen LogP contribution is -1.98. The van der Waals surface area contributed by atoms with Gasteiger partial charge in [0.15, 0.2) is 0 Å². The minimum Gasteiger partial charge on any atom is -0.382 e. The van der Waals surface area contributed by atoms with Crippen molar-refractivity contribution in [2.75, 3.05) is 5.73 Å². The normalized spacial score (nSPS) is 11.0. The number of rotatable bonds is 2. The fourth-order valence-corrected chi connectivity index (χ4v) is 1.79. The summed E-state index contributed by atoms with van der Waals surface area (Å²) >= 11 is 0. The number of anilines is 1. The molecule has 0 saturated heterocycles. The number of aromatic nitrogens is 2. The molecule has 0 spiro atoms. The Morgan fingerprint density at radius 2 is 2.21 bits per heavy atom. The van der Waals surface area contributed by atoms with Crippen LogP contribution in [-0.4, -0.2) is 9.38 Å². The van der Waals surface area contributed by atoms with Crippen molar-refractivity contribution in [1.82, 2.24) is 9.38 Å². The first-order chi connectivity index (χ1) is 6.74. The van der Waals surface area contributed by atoms with Crippen LogP contribution >= 0.6 is 0 Å². The standard InChI is InChI=1S/C11H15N3/c1-3-5-9-6-4-7-10-13-11(12)8(2)14(9)10/h4,6-7H,3,5,12H2,1-2H3. The van der Waals surface area contributed by atoms with E-state index in [1.54, 1.807) is 0 Å². The first-order valence-corrected chi connectivity index (χ1v) is 4.96. The Balaban J connectivity index is 2.71. The second kappa shape index (κ2) is 3.33. The summed E-state index contributed by atoms with van der Waals surface area (Å²) in [6.45, 7) is 4.18. The highest BCUT2D eigenvalue weighted by molar-refractivity contribution is 5.52. The van der Waals surface area contributed by atoms with Gasteiger partial charge in [-0.3, -0.25) is 4.40 Å². The molecular weight excluding hydrogens is 174 g/mol. The Morgan fingerprint density at radius 1 is 1.43 bits per heavy atom. The van der Waals surface area contributed by atoms with Gasteiger partial charge in [-0.2, -0.15) is 0 Å². The van der Waals surface area contributed by atoms with Crippen LogP contribution in [0.15, 0.2) is 18.2 Å². The molecule has 74 valence electrons. The Labute approximate surface area is 83.6 Å². The molecule has 0 aliphatic rings. The van der Waals surface area contributed by atoms with Crippen molar-refractivity contribution in [3.63, 3.8) is 0 Å². The molecule has 0 atom stereocenters. The fourth-order valence-electron chi connectivity index (χ4n) is 1.79. The third-order valence-electron chi connectivity index (χ3n) is 2.50. The summed E-state index contributed by atoms with van der Waals surface area (Å²) in [5, 5.41) is 0. The topological polar surface area (TPSA) is 43.3 Å². The minimum atomic E-state index is 0.633. The number of hydrogen-bond acceptors (Lipinski definition) is 2. The Kier molecular flexibility index (Phi) is 2.15. The molecule has 2 N–H and O–H groups in total. The largest absolute Gasteiger partial charge is 0.382 e. The predicted molar refractivity (Wildman–Crippen MR) is 58.3 cm³/mol. The number of nitrogens with two attached hydrogens (primary N) is 1. The van der Waals surface area contributed by atoms with Gasteiger partial charge in [-0.05, 0) is 25.5 Å². The highest BCUT2D eigenvalue weighted by Crippen LogP contribution is 2.16. The molecule has 0 radical (unpaired) electrons. The second-order valence-electron chi connectivity index (χ2n) is 3.54. The van der Waals surface area contributed by atoms with Gasteiger partial charge in [0.25, 0.3) is 0 Å². The maximum Gasteiger partial charge on any atom is 0.145 e. The second-order valence-corrected chi connectivity index (χ2v) is 3.54. The van der Waals surface area contributed by atoms with Crippen LogP contribution in [0.2, 0.25) is 0 Å². The van der Waals surface area contributed by atoms with Crippen molar-refractivity contribution in [3.8, 4) is 0 Å². The van der Waals surface area contributed by atoms with E-state index in [2.05, 4.69) is 22.4 Å². The molecule has 0 saturated carbocycles. The van der Waals surface area contributed by atoms with E-state index in [0.29, 0.717) is 5.82 Å². The molecule has 0 aromatic carbocycles. The summed E-state index contributed by atoms with van der Waals surface area (Å²) in [6, 6.07) is 6.15. The Morgan fingerprint density at radius 3 is 2.93 bits per heavy atom. The van der Waals surface area contributed by atoms with Gasteiger partial charge in [0.05, 0.1) is 5.69 Å². The first-order valence-electron chi connectivity index (χ1n) is 4.96. The van der Waals surface area contributed by atoms with Gasteiger partial charge in [-0.25, -0.2) is 4.98 Å². The van der Waals surface area contributed by atoms with Crippen molar-refractivity contribution in [3.05, 3.63) is 29.6 Å². The molecule has 2 rings (SSSR count). The number of pyridine rings is 1. The lowest BCUT2D eigenvalue weighted by atomic mass is 10.2. The first kappa shape index (κ1) is 9.06. The zero-order valence-electron chi connectivity index (χ0n) is 8.62. The van der Waals surface area contributed by atoms with Crippen LogP contribution in [0.1, 0.15) is 24.7 Å². The number of imidazole rings is 1. The zero-order chi connectivity index (χ0) is 10.1. The summed E-state index contributed by atoms with van der Waals surface area (Å²) in [5.74, 6) is 0.633. The van der Waals surface area contributed by atoms with E-state index < -0.39 is 0 Å². The van der Waals surface area contributed by atoms with Crippen LogP contribution in [0.3, 0.4) is 0 Å². The third kappa shape index (κ3) is 1.25. The lowest BCUT2D eigenvalue weighted by molar-refractivity contribution is 0.850. The molecule has 3 heteroatoms. The Bertz CT molecular complexity index is 457. The molecule has 14 heavy (non-hydrogen) atoms. The van der Waals surface area contributed by atoms with Crippen LogP contribution in [0, 0.1) is 6.92 Å². The molecule has 2 heterocycles. The van der Waals surface area contributed by atoms with E-state index >= 15 is 0 Å². The summed E-state index contributed by atoms with van der Waals surface area (Å²) in [7, 11) is 0. The Hall–Kier alpha value is -1.51. The molecule has 0 bridgehead atoms. The van der Waals surface area contributed by atoms with Crippen molar-refractivity contribution in [2.45, 2.75) is 26.7 Å². The molecule has 0 aliphatic carbocycles. The van der Waals surface area contributed by atoms with Gasteiger partial charge < -0.3 is 5.73 Å². The number of nitrogens with zero attached hydrogens (tertiary/aromatic N) is 2. The van der Waals surface area contributed by atoms with Crippen LogP contribution in [0.25, 0.3) is 5.65 Å². The fraction of sp³-hybridized carbons (Fsp3) is 0.364. The number of nitrogen functional groups attached to an aromatic ring is 1. The summed E-state index contributed by atoms with van der Waals surface area (Å²) in [4.78, 5) is 4.30. The average Bonchev–Trinajstić information content (AvgIpc) is 2.45. The summed E-state index contributed by atoms with van der Waals surface area (Å²) < 4.78 is 2.14. The van der Waals surface area contributed by atoms with E-state index in [1.807, 2.05) is 19.1 Å². The molecule has 0 unspecified atom stereocenters. The smallest absolute Gasteiger partial charge is 0.145 e. The van der Waals surface area contributed by atoms with Crippen LogP contribution in [0.4, 0.5) is 5.82 Å². The number of aryl methyl sites for hydroxylation is 2. The highest BCUT2D eigenvalue weighted by atomic mass is 15.1. The van der Waals surface area contributed by atoms with Gasteiger partial charge in [0, 0.05) is 5.69 Å². The van der Waals surface area contributed by atoms with Crippen molar-refractivity contribution >= 4 is 11.5 Å². The molecule has 2 aromatic heterocycles. The quantitative estimate of drug-likeness (QED) is 0.786. The SMILES string of the molecule is CCCc1cccc2nc(N)c(C)n12. The minimum absolute atomic E-state index is 0.633. The zero-order valence-corrected chi connectivity index (χ0v) is 8.62. The van der Waals surface area contributed by atoms with Gasteiger partial charge in [-0.1, -0.05) is 19.4 Å². The molecular formula is C11H15N3. The van der Waals surface area contributed by atoms with Gasteiger partial charge in [0.2, 0.25) is 0 Å². The molecule has 2 aromatic rings. The van der Waals surface area contributed by atoms with E-state index in [0.717, 1.165) is 24.2 Å². The van der Waals surface area contributed by atoms with Crippen LogP contribution < -0.4 is 5.73 Å². The molecule has 0 aliphatic heterocycles. The summed E-state index contributed by atoms with van der Waals surface area (Å²) in [6.07, 6.45) is 2.20. The molecule has 0 amide bonds. The third-order valence-corrected chi connectivity index (χ3v) is 2.50. The van der Waals surface area contributed by atoms with E-state index in [-0.39, 0.29) is 0 Å². The molecule has 3 nitrogen and oxygen atoms in total. The van der Waals surface area contributed by atoms with Crippen molar-refractivity contribution in [1.29, 1.82) is 0 Å². The van der Waals surface area contributed by atoms with Crippen molar-refractivity contribution in [2.24, 2.45) is 0 Å². The molecule has 0 fully saturated rings. The predicted octanol–water partition coefficient (Wildman–Crippen LogP) is 2.18. The van der Waals surface area contributed by atoms with Gasteiger partial charge >= 0.3 is 0 Å². The van der Waals surface area contributed by atoms with E-state index in [4.69, 9.17) is 5.73 Å². The number of fused-ring (bicyclic) bond motifs is 1. The highest BCUT2D eigenvalue weighted by Gasteiger charge is 2.07. The van der Waals surface area contributed by atoms with Gasteiger partial charge in [0.1, 0.15) is 11.5 Å². The summed E-state index contributed by atoms with van der Waals surface area (Å²) in [5.41, 5.74) is 9.07. The van der Waals surface area contributed by atoms with Crippen LogP contribution in [-0.2, 0) is 6.42 Å². The maximum atomic E-state index is 5.79. The number of hydrogen-bond donors (Lipinski definition) is 1. The van der Waals surface area contributed by atoms with Crippen LogP contribution in [0.5, 0.6) is 0 Å². The van der Waals surface area contributed by atoms with E-state index in [1.165, 1.54) is 5.69 Å². The monoisotopic (exact) mass is 189 g/mol. The lowest BCUT2D eigenvalue weighted by Gasteiger charge is -2.04. The van der Waals surface area contributed by atoms with Gasteiger partial charge in [-0.15, -0.1) is 0 Å².